The van der Waals surface area contributed by atoms with Crippen molar-refractivity contribution < 1.29 is 9.47 Å². The molecule has 2 aromatic rings. The number of aryl methyl sites for hydroxylation is 1. The maximum Gasteiger partial charge on any atom is 0.163 e. The molecule has 0 aliphatic rings. The van der Waals surface area contributed by atoms with Crippen molar-refractivity contribution in [2.75, 3.05) is 14.2 Å². The summed E-state index contributed by atoms with van der Waals surface area (Å²) in [7, 11) is 3.25. The molecule has 0 spiro atoms. The van der Waals surface area contributed by atoms with E-state index in [-0.39, 0.29) is 5.41 Å². The summed E-state index contributed by atoms with van der Waals surface area (Å²) in [6.07, 6.45) is 1.34. The predicted octanol–water partition coefficient (Wildman–Crippen LogP) is 3.65. The van der Waals surface area contributed by atoms with Crippen molar-refractivity contribution in [3.05, 3.63) is 18.0 Å². The Kier molecular flexibility index (Phi) is 4.60. The molecule has 0 amide bonds. The van der Waals surface area contributed by atoms with E-state index in [9.17, 15) is 0 Å². The summed E-state index contributed by atoms with van der Waals surface area (Å²) in [5.74, 6) is 2.38. The highest BCUT2D eigenvalue weighted by molar-refractivity contribution is 5.81. The highest BCUT2D eigenvalue weighted by Crippen LogP contribution is 2.35. The van der Waals surface area contributed by atoms with E-state index in [0.29, 0.717) is 17.9 Å². The van der Waals surface area contributed by atoms with Gasteiger partial charge in [-0.3, -0.25) is 0 Å². The highest BCUT2D eigenvalue weighted by atomic mass is 16.5. The molecule has 0 radical (unpaired) electrons. The number of imidazole rings is 1. The molecular formula is C17H23N3O2. The first-order valence-corrected chi connectivity index (χ1v) is 7.42. The number of benzene rings is 1. The summed E-state index contributed by atoms with van der Waals surface area (Å²) in [6.45, 7) is 7.20. The zero-order valence-electron chi connectivity index (χ0n) is 13.9. The lowest BCUT2D eigenvalue weighted by atomic mass is 9.95. The van der Waals surface area contributed by atoms with E-state index in [4.69, 9.17) is 19.7 Å². The van der Waals surface area contributed by atoms with E-state index in [1.165, 1.54) is 0 Å². The number of hydrogen-bond donors (Lipinski definition) is 0. The third-order valence-corrected chi connectivity index (χ3v) is 3.59. The zero-order chi connectivity index (χ0) is 16.3. The molecule has 0 fully saturated rings. The molecule has 0 aliphatic carbocycles. The Morgan fingerprint density at radius 2 is 1.82 bits per heavy atom. The number of nitrogens with zero attached hydrogens (tertiary/aromatic N) is 3. The molecule has 0 atom stereocenters. The third kappa shape index (κ3) is 3.01. The number of fused-ring (bicyclic) bond motifs is 1. The minimum absolute atomic E-state index is 0.0772. The van der Waals surface area contributed by atoms with E-state index in [1.807, 2.05) is 12.1 Å². The minimum Gasteiger partial charge on any atom is -0.493 e. The molecule has 1 heterocycles. The molecule has 2 rings (SSSR count). The Hall–Kier alpha value is -2.22. The van der Waals surface area contributed by atoms with Crippen LogP contribution < -0.4 is 9.47 Å². The van der Waals surface area contributed by atoms with Crippen LogP contribution in [0, 0.1) is 11.3 Å². The maximum absolute atomic E-state index is 8.78. The molecule has 0 unspecified atom stereocenters. The van der Waals surface area contributed by atoms with E-state index in [1.54, 1.807) is 14.2 Å². The fraction of sp³-hybridized carbons (Fsp3) is 0.529. The molecule has 0 aliphatic heterocycles. The van der Waals surface area contributed by atoms with Gasteiger partial charge in [0, 0.05) is 30.5 Å². The van der Waals surface area contributed by atoms with Crippen molar-refractivity contribution >= 4 is 11.0 Å². The van der Waals surface area contributed by atoms with Crippen LogP contribution >= 0.6 is 0 Å². The molecule has 0 N–H and O–H groups in total. The molecule has 0 bridgehead atoms. The van der Waals surface area contributed by atoms with Gasteiger partial charge in [-0.1, -0.05) is 20.8 Å². The zero-order valence-corrected chi connectivity index (χ0v) is 13.9. The molecule has 5 nitrogen and oxygen atoms in total. The van der Waals surface area contributed by atoms with Gasteiger partial charge in [0.1, 0.15) is 5.82 Å². The Labute approximate surface area is 131 Å². The molecular weight excluding hydrogens is 278 g/mol. The minimum atomic E-state index is -0.0772. The summed E-state index contributed by atoms with van der Waals surface area (Å²) >= 11 is 0. The molecule has 1 aromatic carbocycles. The predicted molar refractivity (Wildman–Crippen MR) is 86.4 cm³/mol. The second kappa shape index (κ2) is 6.27. The molecule has 0 saturated heterocycles. The van der Waals surface area contributed by atoms with Crippen molar-refractivity contribution in [1.29, 1.82) is 5.26 Å². The Bertz CT molecular complexity index is 705. The topological polar surface area (TPSA) is 60.1 Å². The number of unbranched alkanes of at least 4 members (excludes halogenated alkanes) is 1. The number of aromatic nitrogens is 2. The van der Waals surface area contributed by atoms with Gasteiger partial charge in [-0.2, -0.15) is 5.26 Å². The smallest absolute Gasteiger partial charge is 0.163 e. The van der Waals surface area contributed by atoms with Crippen LogP contribution in [0.25, 0.3) is 11.0 Å². The number of nitriles is 1. The summed E-state index contributed by atoms with van der Waals surface area (Å²) in [4.78, 5) is 4.79. The van der Waals surface area contributed by atoms with Crippen molar-refractivity contribution in [2.24, 2.45) is 0 Å². The van der Waals surface area contributed by atoms with Crippen LogP contribution in [0.4, 0.5) is 0 Å². The van der Waals surface area contributed by atoms with Crippen molar-refractivity contribution in [3.8, 4) is 17.6 Å². The fourth-order valence-electron chi connectivity index (χ4n) is 2.57. The van der Waals surface area contributed by atoms with Crippen LogP contribution in [0.3, 0.4) is 0 Å². The lowest BCUT2D eigenvalue weighted by Gasteiger charge is -2.20. The van der Waals surface area contributed by atoms with E-state index in [0.717, 1.165) is 29.8 Å². The lowest BCUT2D eigenvalue weighted by molar-refractivity contribution is 0.355. The fourth-order valence-corrected chi connectivity index (χ4v) is 2.57. The van der Waals surface area contributed by atoms with Gasteiger partial charge < -0.3 is 14.0 Å². The van der Waals surface area contributed by atoms with Crippen molar-refractivity contribution in [1.82, 2.24) is 9.55 Å². The highest BCUT2D eigenvalue weighted by Gasteiger charge is 2.23. The van der Waals surface area contributed by atoms with Crippen molar-refractivity contribution in [3.63, 3.8) is 0 Å². The van der Waals surface area contributed by atoms with E-state index >= 15 is 0 Å². The normalized spacial score (nSPS) is 11.5. The average Bonchev–Trinajstić information content (AvgIpc) is 2.84. The van der Waals surface area contributed by atoms with Gasteiger partial charge in [0.15, 0.2) is 11.5 Å². The van der Waals surface area contributed by atoms with E-state index in [2.05, 4.69) is 31.4 Å². The Morgan fingerprint density at radius 3 is 2.36 bits per heavy atom. The van der Waals surface area contributed by atoms with Crippen LogP contribution in [0.5, 0.6) is 11.5 Å². The third-order valence-electron chi connectivity index (χ3n) is 3.59. The quantitative estimate of drug-likeness (QED) is 0.791. The molecule has 22 heavy (non-hydrogen) atoms. The van der Waals surface area contributed by atoms with Crippen molar-refractivity contribution in [2.45, 2.75) is 45.6 Å². The lowest BCUT2D eigenvalue weighted by Crippen LogP contribution is -2.19. The van der Waals surface area contributed by atoms with Crippen LogP contribution in [0.2, 0.25) is 0 Å². The van der Waals surface area contributed by atoms with E-state index < -0.39 is 0 Å². The van der Waals surface area contributed by atoms with Gasteiger partial charge >= 0.3 is 0 Å². The SMILES string of the molecule is COc1cc2nc(C(C)(C)C)n(CCCC#N)c2cc1OC. The first kappa shape index (κ1) is 16.2. The first-order chi connectivity index (χ1) is 10.4. The van der Waals surface area contributed by atoms with Crippen LogP contribution in [-0.2, 0) is 12.0 Å². The second-order valence-electron chi connectivity index (χ2n) is 6.29. The number of methoxy groups -OCH3 is 2. The van der Waals surface area contributed by atoms with Crippen LogP contribution in [0.1, 0.15) is 39.4 Å². The number of hydrogen-bond acceptors (Lipinski definition) is 4. The summed E-state index contributed by atoms with van der Waals surface area (Å²) in [5.41, 5.74) is 1.83. The monoisotopic (exact) mass is 301 g/mol. The summed E-state index contributed by atoms with van der Waals surface area (Å²) in [5, 5.41) is 8.78. The van der Waals surface area contributed by atoms with Gasteiger partial charge in [-0.15, -0.1) is 0 Å². The van der Waals surface area contributed by atoms with Crippen LogP contribution in [-0.4, -0.2) is 23.8 Å². The molecule has 0 saturated carbocycles. The summed E-state index contributed by atoms with van der Waals surface area (Å²) in [6, 6.07) is 6.07. The maximum atomic E-state index is 8.78. The van der Waals surface area contributed by atoms with Gasteiger partial charge in [-0.25, -0.2) is 4.98 Å². The Morgan fingerprint density at radius 1 is 1.18 bits per heavy atom. The van der Waals surface area contributed by atoms with Gasteiger partial charge in [0.25, 0.3) is 0 Å². The Balaban J connectivity index is 2.62. The first-order valence-electron chi connectivity index (χ1n) is 7.42. The number of rotatable bonds is 5. The number of ether oxygens (including phenoxy) is 2. The van der Waals surface area contributed by atoms with Gasteiger partial charge in [0.2, 0.25) is 0 Å². The standard InChI is InChI=1S/C17H23N3O2/c1-17(2,3)16-19-12-10-14(21-4)15(22-5)11-13(12)20(16)9-7-6-8-18/h10-11H,6-7,9H2,1-5H3. The van der Waals surface area contributed by atoms with Crippen LogP contribution in [0.15, 0.2) is 12.1 Å². The van der Waals surface area contributed by atoms with Gasteiger partial charge in [-0.05, 0) is 6.42 Å². The largest absolute Gasteiger partial charge is 0.493 e. The summed E-state index contributed by atoms with van der Waals surface area (Å²) < 4.78 is 13.0. The molecule has 1 aromatic heterocycles. The van der Waals surface area contributed by atoms with Gasteiger partial charge in [0.05, 0.1) is 31.3 Å². The molecule has 5 heteroatoms. The average molecular weight is 301 g/mol. The second-order valence-corrected chi connectivity index (χ2v) is 6.29. The molecule has 118 valence electrons.